The Balaban J connectivity index is 2.04. The van der Waals surface area contributed by atoms with Gasteiger partial charge in [-0.25, -0.2) is 4.39 Å². The fourth-order valence-corrected chi connectivity index (χ4v) is 1.52. The van der Waals surface area contributed by atoms with E-state index in [0.717, 1.165) is 5.56 Å². The van der Waals surface area contributed by atoms with Gasteiger partial charge in [-0.05, 0) is 29.8 Å². The Morgan fingerprint density at radius 1 is 1.00 bits per heavy atom. The standard InChI is InChI=1S/C15H9FN2O/c16-15-7-14(6-5-13(15)9-18)19-10-12-3-1-11(8-17)2-4-12/h1-7H,10H2. The summed E-state index contributed by atoms with van der Waals surface area (Å²) in [4.78, 5) is 0. The summed E-state index contributed by atoms with van der Waals surface area (Å²) in [7, 11) is 0. The smallest absolute Gasteiger partial charge is 0.144 e. The Kier molecular flexibility index (Phi) is 3.75. The molecule has 0 spiro atoms. The van der Waals surface area contributed by atoms with Crippen LogP contribution in [0.25, 0.3) is 0 Å². The van der Waals surface area contributed by atoms with Crippen LogP contribution in [0.3, 0.4) is 0 Å². The molecule has 3 nitrogen and oxygen atoms in total. The number of nitriles is 2. The summed E-state index contributed by atoms with van der Waals surface area (Å²) < 4.78 is 18.7. The van der Waals surface area contributed by atoms with Crippen LogP contribution in [0, 0.1) is 28.5 Å². The van der Waals surface area contributed by atoms with Gasteiger partial charge in [0.15, 0.2) is 0 Å². The van der Waals surface area contributed by atoms with E-state index in [4.69, 9.17) is 15.3 Å². The van der Waals surface area contributed by atoms with Gasteiger partial charge in [0, 0.05) is 6.07 Å². The quantitative estimate of drug-likeness (QED) is 0.843. The van der Waals surface area contributed by atoms with E-state index in [2.05, 4.69) is 0 Å². The molecule has 92 valence electrons. The Bertz CT molecular complexity index is 666. The van der Waals surface area contributed by atoms with Crippen molar-refractivity contribution >= 4 is 0 Å². The second-order valence-electron chi connectivity index (χ2n) is 3.85. The van der Waals surface area contributed by atoms with E-state index >= 15 is 0 Å². The lowest BCUT2D eigenvalue weighted by Crippen LogP contribution is -1.96. The van der Waals surface area contributed by atoms with Crippen molar-refractivity contribution < 1.29 is 9.13 Å². The number of hydrogen-bond acceptors (Lipinski definition) is 3. The number of hydrogen-bond donors (Lipinski definition) is 0. The van der Waals surface area contributed by atoms with Gasteiger partial charge in [0.2, 0.25) is 0 Å². The topological polar surface area (TPSA) is 56.8 Å². The highest BCUT2D eigenvalue weighted by molar-refractivity contribution is 5.36. The molecule has 0 amide bonds. The molecule has 0 aliphatic heterocycles. The molecule has 0 bridgehead atoms. The third-order valence-corrected chi connectivity index (χ3v) is 2.55. The average Bonchev–Trinajstić information content (AvgIpc) is 2.46. The van der Waals surface area contributed by atoms with E-state index in [1.165, 1.54) is 12.1 Å². The normalized spacial score (nSPS) is 9.42. The van der Waals surface area contributed by atoms with Gasteiger partial charge in [-0.15, -0.1) is 0 Å². The highest BCUT2D eigenvalue weighted by Gasteiger charge is 2.03. The number of halogens is 1. The molecule has 2 aromatic carbocycles. The van der Waals surface area contributed by atoms with E-state index in [1.807, 2.05) is 6.07 Å². The molecule has 0 fully saturated rings. The SMILES string of the molecule is N#Cc1ccc(COc2ccc(C#N)c(F)c2)cc1. The molecule has 0 heterocycles. The molecule has 2 rings (SSSR count). The van der Waals surface area contributed by atoms with E-state index < -0.39 is 5.82 Å². The Morgan fingerprint density at radius 2 is 1.74 bits per heavy atom. The first-order valence-corrected chi connectivity index (χ1v) is 5.54. The van der Waals surface area contributed by atoms with Gasteiger partial charge in [-0.1, -0.05) is 12.1 Å². The maximum Gasteiger partial charge on any atom is 0.144 e. The lowest BCUT2D eigenvalue weighted by atomic mass is 10.1. The fraction of sp³-hybridized carbons (Fsp3) is 0.0667. The van der Waals surface area contributed by atoms with Crippen molar-refractivity contribution in [1.82, 2.24) is 0 Å². The highest BCUT2D eigenvalue weighted by atomic mass is 19.1. The second kappa shape index (κ2) is 5.66. The van der Waals surface area contributed by atoms with Gasteiger partial charge in [0.1, 0.15) is 24.2 Å². The van der Waals surface area contributed by atoms with E-state index in [9.17, 15) is 4.39 Å². The largest absolute Gasteiger partial charge is 0.489 e. The first-order chi connectivity index (χ1) is 9.22. The van der Waals surface area contributed by atoms with Crippen molar-refractivity contribution in [2.24, 2.45) is 0 Å². The van der Waals surface area contributed by atoms with Crippen molar-refractivity contribution in [1.29, 1.82) is 10.5 Å². The first-order valence-electron chi connectivity index (χ1n) is 5.54. The van der Waals surface area contributed by atoms with Crippen molar-refractivity contribution in [3.63, 3.8) is 0 Å². The molecule has 0 unspecified atom stereocenters. The number of rotatable bonds is 3. The number of ether oxygens (including phenoxy) is 1. The predicted molar refractivity (Wildman–Crippen MR) is 66.6 cm³/mol. The zero-order chi connectivity index (χ0) is 13.7. The fourth-order valence-electron chi connectivity index (χ4n) is 1.52. The maximum atomic E-state index is 13.3. The van der Waals surface area contributed by atoms with Crippen molar-refractivity contribution in [2.75, 3.05) is 0 Å². The molecule has 19 heavy (non-hydrogen) atoms. The molecule has 0 saturated carbocycles. The Labute approximate surface area is 110 Å². The number of benzene rings is 2. The van der Waals surface area contributed by atoms with Crippen LogP contribution in [0.2, 0.25) is 0 Å². The molecule has 0 radical (unpaired) electrons. The first kappa shape index (κ1) is 12.6. The minimum absolute atomic E-state index is 0.00859. The molecule has 0 N–H and O–H groups in total. The average molecular weight is 252 g/mol. The van der Waals surface area contributed by atoms with Crippen LogP contribution in [0.5, 0.6) is 5.75 Å². The van der Waals surface area contributed by atoms with E-state index in [1.54, 1.807) is 36.4 Å². The van der Waals surface area contributed by atoms with Gasteiger partial charge >= 0.3 is 0 Å². The summed E-state index contributed by atoms with van der Waals surface area (Å²) in [6, 6.07) is 14.8. The molecular weight excluding hydrogens is 243 g/mol. The van der Waals surface area contributed by atoms with E-state index in [0.29, 0.717) is 11.3 Å². The lowest BCUT2D eigenvalue weighted by Gasteiger charge is -2.06. The molecule has 0 aliphatic carbocycles. The van der Waals surface area contributed by atoms with Crippen molar-refractivity contribution in [3.8, 4) is 17.9 Å². The van der Waals surface area contributed by atoms with Crippen LogP contribution in [-0.2, 0) is 6.61 Å². The number of nitrogens with zero attached hydrogens (tertiary/aromatic N) is 2. The molecule has 4 heteroatoms. The third kappa shape index (κ3) is 3.08. The summed E-state index contributed by atoms with van der Waals surface area (Å²) >= 11 is 0. The van der Waals surface area contributed by atoms with Crippen LogP contribution < -0.4 is 4.74 Å². The summed E-state index contributed by atoms with van der Waals surface area (Å²) in [5.41, 5.74) is 1.45. The van der Waals surface area contributed by atoms with Crippen LogP contribution in [0.4, 0.5) is 4.39 Å². The van der Waals surface area contributed by atoms with Crippen LogP contribution in [0.1, 0.15) is 16.7 Å². The molecule has 0 atom stereocenters. The van der Waals surface area contributed by atoms with E-state index in [-0.39, 0.29) is 12.2 Å². The third-order valence-electron chi connectivity index (χ3n) is 2.55. The van der Waals surface area contributed by atoms with Crippen LogP contribution >= 0.6 is 0 Å². The van der Waals surface area contributed by atoms with Crippen molar-refractivity contribution in [3.05, 3.63) is 65.0 Å². The monoisotopic (exact) mass is 252 g/mol. The molecular formula is C15H9FN2O. The zero-order valence-corrected chi connectivity index (χ0v) is 9.93. The Morgan fingerprint density at radius 3 is 2.32 bits per heavy atom. The highest BCUT2D eigenvalue weighted by Crippen LogP contribution is 2.17. The minimum Gasteiger partial charge on any atom is -0.489 e. The van der Waals surface area contributed by atoms with Crippen LogP contribution in [0.15, 0.2) is 42.5 Å². The lowest BCUT2D eigenvalue weighted by molar-refractivity contribution is 0.304. The molecule has 0 aliphatic rings. The van der Waals surface area contributed by atoms with Gasteiger partial charge in [-0.2, -0.15) is 10.5 Å². The van der Waals surface area contributed by atoms with Crippen molar-refractivity contribution in [2.45, 2.75) is 6.61 Å². The molecule has 2 aromatic rings. The molecule has 0 aromatic heterocycles. The minimum atomic E-state index is -0.597. The van der Waals surface area contributed by atoms with Crippen LogP contribution in [-0.4, -0.2) is 0 Å². The summed E-state index contributed by atoms with van der Waals surface area (Å²) in [6.45, 7) is 0.275. The van der Waals surface area contributed by atoms with Gasteiger partial charge in [0.25, 0.3) is 0 Å². The molecule has 0 saturated heterocycles. The summed E-state index contributed by atoms with van der Waals surface area (Å²) in [5.74, 6) is -0.235. The zero-order valence-electron chi connectivity index (χ0n) is 9.93. The summed E-state index contributed by atoms with van der Waals surface area (Å²) in [6.07, 6.45) is 0. The van der Waals surface area contributed by atoms with Gasteiger partial charge in [0.05, 0.1) is 17.2 Å². The summed E-state index contributed by atoms with van der Waals surface area (Å²) in [5, 5.41) is 17.3. The predicted octanol–water partition coefficient (Wildman–Crippen LogP) is 3.15. The second-order valence-corrected chi connectivity index (χ2v) is 3.85. The van der Waals surface area contributed by atoms with Gasteiger partial charge in [-0.3, -0.25) is 0 Å². The maximum absolute atomic E-state index is 13.3. The van der Waals surface area contributed by atoms with Gasteiger partial charge < -0.3 is 4.74 Å². The Hall–Kier alpha value is -2.85.